The Hall–Kier alpha value is -2.40. The highest BCUT2D eigenvalue weighted by atomic mass is 16.5. The van der Waals surface area contributed by atoms with Crippen molar-refractivity contribution >= 4 is 11.9 Å². The molecule has 1 N–H and O–H groups in total. The van der Waals surface area contributed by atoms with E-state index in [2.05, 4.69) is 6.58 Å². The number of benzene rings is 1. The molecule has 5 nitrogen and oxygen atoms in total. The molecule has 2 saturated heterocycles. The lowest BCUT2D eigenvalue weighted by Crippen LogP contribution is -2.45. The highest BCUT2D eigenvalue weighted by Gasteiger charge is 2.70. The molecule has 0 saturated carbocycles. The van der Waals surface area contributed by atoms with E-state index in [1.165, 1.54) is 0 Å². The fourth-order valence-electron chi connectivity index (χ4n) is 4.76. The predicted molar refractivity (Wildman–Crippen MR) is 96.4 cm³/mol. The van der Waals surface area contributed by atoms with E-state index in [-0.39, 0.29) is 11.9 Å². The topological polar surface area (TPSA) is 66.8 Å². The molecule has 1 amide bonds. The van der Waals surface area contributed by atoms with Crippen LogP contribution in [0.1, 0.15) is 18.9 Å². The van der Waals surface area contributed by atoms with Crippen LogP contribution in [-0.2, 0) is 20.7 Å². The SMILES string of the molecule is C=C(C)C[C@@H]1N(CCc2ccccc2)C(=O)[C@H]2[C@@H](C(=O)O)[C@H]3C=C[C@@]12O3. The largest absolute Gasteiger partial charge is 0.481 e. The Labute approximate surface area is 152 Å². The quantitative estimate of drug-likeness (QED) is 0.798. The lowest BCUT2D eigenvalue weighted by atomic mass is 9.74. The zero-order valence-electron chi connectivity index (χ0n) is 14.8. The van der Waals surface area contributed by atoms with Gasteiger partial charge in [-0.25, -0.2) is 0 Å². The van der Waals surface area contributed by atoms with E-state index in [0.717, 1.165) is 17.6 Å². The smallest absolute Gasteiger partial charge is 0.310 e. The van der Waals surface area contributed by atoms with Crippen LogP contribution in [0.15, 0.2) is 54.6 Å². The number of carbonyl (C=O) groups excluding carboxylic acids is 1. The fraction of sp³-hybridized carbons (Fsp3) is 0.429. The first-order valence-corrected chi connectivity index (χ1v) is 9.03. The second kappa shape index (κ2) is 6.09. The zero-order chi connectivity index (χ0) is 18.5. The van der Waals surface area contributed by atoms with Gasteiger partial charge in [-0.05, 0) is 25.3 Å². The normalized spacial score (nSPS) is 34.3. The van der Waals surface area contributed by atoms with Crippen molar-refractivity contribution in [2.45, 2.75) is 37.5 Å². The number of hydrogen-bond acceptors (Lipinski definition) is 3. The summed E-state index contributed by atoms with van der Waals surface area (Å²) in [7, 11) is 0. The summed E-state index contributed by atoms with van der Waals surface area (Å²) in [4.78, 5) is 26.8. The number of carboxylic acid groups (broad SMARTS) is 1. The first-order valence-electron chi connectivity index (χ1n) is 9.03. The molecule has 5 heteroatoms. The zero-order valence-corrected chi connectivity index (χ0v) is 14.8. The third-order valence-electron chi connectivity index (χ3n) is 5.84. The van der Waals surface area contributed by atoms with E-state index in [4.69, 9.17) is 4.74 Å². The van der Waals surface area contributed by atoms with Crippen LogP contribution in [0.25, 0.3) is 0 Å². The summed E-state index contributed by atoms with van der Waals surface area (Å²) in [5.41, 5.74) is 1.28. The maximum atomic E-state index is 13.2. The van der Waals surface area contributed by atoms with E-state index in [9.17, 15) is 14.7 Å². The van der Waals surface area contributed by atoms with E-state index in [1.54, 1.807) is 0 Å². The van der Waals surface area contributed by atoms with Crippen molar-refractivity contribution in [3.8, 4) is 0 Å². The van der Waals surface area contributed by atoms with Gasteiger partial charge >= 0.3 is 5.97 Å². The van der Waals surface area contributed by atoms with Crippen LogP contribution in [0.2, 0.25) is 0 Å². The van der Waals surface area contributed by atoms with Crippen molar-refractivity contribution in [2.75, 3.05) is 6.54 Å². The highest BCUT2D eigenvalue weighted by molar-refractivity contribution is 5.91. The van der Waals surface area contributed by atoms with Crippen LogP contribution >= 0.6 is 0 Å². The summed E-state index contributed by atoms with van der Waals surface area (Å²) in [5, 5.41) is 9.66. The van der Waals surface area contributed by atoms with Crippen LogP contribution in [-0.4, -0.2) is 46.2 Å². The minimum absolute atomic E-state index is 0.105. The fourth-order valence-corrected chi connectivity index (χ4v) is 4.76. The van der Waals surface area contributed by atoms with Crippen molar-refractivity contribution in [2.24, 2.45) is 11.8 Å². The number of carbonyl (C=O) groups is 2. The molecule has 2 bridgehead atoms. The molecule has 0 radical (unpaired) electrons. The molecule has 0 aromatic heterocycles. The molecule has 3 heterocycles. The molecule has 3 aliphatic rings. The average molecular weight is 353 g/mol. The van der Waals surface area contributed by atoms with Crippen molar-refractivity contribution in [3.63, 3.8) is 0 Å². The number of likely N-dealkylation sites (tertiary alicyclic amines) is 1. The first-order chi connectivity index (χ1) is 12.4. The summed E-state index contributed by atoms with van der Waals surface area (Å²) in [5.74, 6) is -2.51. The summed E-state index contributed by atoms with van der Waals surface area (Å²) in [6.07, 6.45) is 4.57. The summed E-state index contributed by atoms with van der Waals surface area (Å²) >= 11 is 0. The van der Waals surface area contributed by atoms with Gasteiger partial charge in [0.1, 0.15) is 11.5 Å². The molecule has 5 atom stereocenters. The molecule has 1 aromatic carbocycles. The number of carboxylic acids is 1. The third kappa shape index (κ3) is 2.42. The lowest BCUT2D eigenvalue weighted by molar-refractivity contribution is -0.148. The van der Waals surface area contributed by atoms with Crippen molar-refractivity contribution < 1.29 is 19.4 Å². The van der Waals surface area contributed by atoms with Gasteiger partial charge in [-0.2, -0.15) is 0 Å². The molecule has 0 unspecified atom stereocenters. The Balaban J connectivity index is 1.65. The number of ether oxygens (including phenoxy) is 1. The minimum Gasteiger partial charge on any atom is -0.481 e. The van der Waals surface area contributed by atoms with E-state index in [1.807, 2.05) is 54.3 Å². The van der Waals surface area contributed by atoms with E-state index < -0.39 is 29.5 Å². The number of rotatable bonds is 6. The van der Waals surface area contributed by atoms with Gasteiger partial charge in [-0.1, -0.05) is 48.1 Å². The number of nitrogens with zero attached hydrogens (tertiary/aromatic N) is 1. The van der Waals surface area contributed by atoms with Gasteiger partial charge in [0.2, 0.25) is 5.91 Å². The Morgan fingerprint density at radius 2 is 2.08 bits per heavy atom. The summed E-state index contributed by atoms with van der Waals surface area (Å²) in [6, 6.07) is 9.80. The van der Waals surface area contributed by atoms with Crippen molar-refractivity contribution in [1.82, 2.24) is 4.90 Å². The van der Waals surface area contributed by atoms with Gasteiger partial charge < -0.3 is 14.7 Å². The summed E-state index contributed by atoms with van der Waals surface area (Å²) < 4.78 is 6.13. The van der Waals surface area contributed by atoms with Gasteiger partial charge in [-0.15, -0.1) is 6.58 Å². The number of amides is 1. The second-order valence-corrected chi connectivity index (χ2v) is 7.58. The molecule has 1 spiro atoms. The van der Waals surface area contributed by atoms with Crippen molar-refractivity contribution in [3.05, 3.63) is 60.2 Å². The monoisotopic (exact) mass is 353 g/mol. The Morgan fingerprint density at radius 3 is 2.73 bits per heavy atom. The van der Waals surface area contributed by atoms with E-state index in [0.29, 0.717) is 13.0 Å². The maximum Gasteiger partial charge on any atom is 0.310 e. The van der Waals surface area contributed by atoms with Gasteiger partial charge in [0.05, 0.1) is 18.1 Å². The highest BCUT2D eigenvalue weighted by Crippen LogP contribution is 2.55. The molecule has 3 aliphatic heterocycles. The van der Waals surface area contributed by atoms with Gasteiger partial charge in [-0.3, -0.25) is 9.59 Å². The number of hydrogen-bond donors (Lipinski definition) is 1. The molecule has 2 fully saturated rings. The first kappa shape index (κ1) is 17.0. The Morgan fingerprint density at radius 1 is 1.35 bits per heavy atom. The predicted octanol–water partition coefficient (Wildman–Crippen LogP) is 2.43. The van der Waals surface area contributed by atoms with Gasteiger partial charge in [0, 0.05) is 6.54 Å². The van der Waals surface area contributed by atoms with Crippen molar-refractivity contribution in [1.29, 1.82) is 0 Å². The molecular formula is C21H23NO4. The Bertz CT molecular complexity index is 786. The molecular weight excluding hydrogens is 330 g/mol. The Kier molecular flexibility index (Phi) is 3.99. The standard InChI is InChI=1S/C21H23NO4/c1-13(2)12-16-21-10-8-15(26-21)17(20(24)25)18(21)19(23)22(16)11-9-14-6-4-3-5-7-14/h3-8,10,15-18H,1,9,11-12H2,2H3,(H,24,25)/t15-,16+,17+,18-,21-/m1/s1. The van der Waals surface area contributed by atoms with Gasteiger partial charge in [0.25, 0.3) is 0 Å². The van der Waals surface area contributed by atoms with Crippen LogP contribution < -0.4 is 0 Å². The summed E-state index contributed by atoms with van der Waals surface area (Å²) in [6.45, 7) is 6.49. The van der Waals surface area contributed by atoms with E-state index >= 15 is 0 Å². The molecule has 26 heavy (non-hydrogen) atoms. The lowest BCUT2D eigenvalue weighted by Gasteiger charge is -2.33. The molecule has 1 aromatic rings. The molecule has 136 valence electrons. The second-order valence-electron chi connectivity index (χ2n) is 7.58. The van der Waals surface area contributed by atoms with Crippen LogP contribution in [0, 0.1) is 11.8 Å². The van der Waals surface area contributed by atoms with Crippen LogP contribution in [0.5, 0.6) is 0 Å². The van der Waals surface area contributed by atoms with Crippen LogP contribution in [0.4, 0.5) is 0 Å². The minimum atomic E-state index is -0.960. The van der Waals surface area contributed by atoms with Crippen LogP contribution in [0.3, 0.4) is 0 Å². The third-order valence-corrected chi connectivity index (χ3v) is 5.84. The van der Waals surface area contributed by atoms with Gasteiger partial charge in [0.15, 0.2) is 0 Å². The molecule has 4 rings (SSSR count). The number of aliphatic carboxylic acids is 1. The maximum absolute atomic E-state index is 13.2. The average Bonchev–Trinajstić information content (AvgIpc) is 3.24. The number of fused-ring (bicyclic) bond motifs is 1. The molecule has 0 aliphatic carbocycles.